The van der Waals surface area contributed by atoms with Crippen molar-refractivity contribution in [3.8, 4) is 0 Å². The lowest BCUT2D eigenvalue weighted by molar-refractivity contribution is -0.110. The average Bonchev–Trinajstić information content (AvgIpc) is 2.52. The summed E-state index contributed by atoms with van der Waals surface area (Å²) in [6, 6.07) is 0.0903. The number of aromatic nitrogens is 1. The second-order valence-electron chi connectivity index (χ2n) is 2.12. The predicted octanol–water partition coefficient (Wildman–Crippen LogP) is 1.34. The first kappa shape index (κ1) is 8.20. The molecule has 0 aliphatic rings. The molecule has 0 spiro atoms. The Labute approximate surface area is 69.5 Å². The molecule has 3 nitrogen and oxygen atoms in total. The standard InChI is InChI=1S/C7H10N2OS/c1-2-6(9-5-10)7-8-3-4-11-7/h3-6H,2H2,1H3,(H,9,10). The Hall–Kier alpha value is -0.900. The number of rotatable bonds is 4. The van der Waals surface area contributed by atoms with Crippen LogP contribution in [0.5, 0.6) is 0 Å². The Morgan fingerprint density at radius 3 is 3.18 bits per heavy atom. The fraction of sp³-hybridized carbons (Fsp3) is 0.429. The second-order valence-corrected chi connectivity index (χ2v) is 3.04. The Morgan fingerprint density at radius 2 is 2.73 bits per heavy atom. The molecule has 1 unspecified atom stereocenters. The first-order valence-corrected chi connectivity index (χ1v) is 4.35. The number of nitrogens with zero attached hydrogens (tertiary/aromatic N) is 1. The van der Waals surface area contributed by atoms with Gasteiger partial charge in [-0.05, 0) is 6.42 Å². The van der Waals surface area contributed by atoms with Crippen LogP contribution in [0.25, 0.3) is 0 Å². The van der Waals surface area contributed by atoms with E-state index in [1.807, 2.05) is 12.3 Å². The molecule has 0 fully saturated rings. The molecule has 1 aromatic heterocycles. The van der Waals surface area contributed by atoms with Crippen molar-refractivity contribution in [2.75, 3.05) is 0 Å². The topological polar surface area (TPSA) is 42.0 Å². The third kappa shape index (κ3) is 2.01. The number of hydrogen-bond donors (Lipinski definition) is 1. The van der Waals surface area contributed by atoms with Gasteiger partial charge < -0.3 is 5.32 Å². The molecule has 1 aromatic rings. The molecule has 0 aromatic carbocycles. The van der Waals surface area contributed by atoms with E-state index in [0.29, 0.717) is 0 Å². The van der Waals surface area contributed by atoms with Gasteiger partial charge in [-0.25, -0.2) is 4.98 Å². The van der Waals surface area contributed by atoms with Gasteiger partial charge in [0, 0.05) is 11.6 Å². The molecule has 0 aliphatic carbocycles. The lowest BCUT2D eigenvalue weighted by Gasteiger charge is -2.08. The molecular weight excluding hydrogens is 160 g/mol. The second kappa shape index (κ2) is 4.08. The number of amides is 1. The highest BCUT2D eigenvalue weighted by atomic mass is 32.1. The summed E-state index contributed by atoms with van der Waals surface area (Å²) in [5.41, 5.74) is 0. The fourth-order valence-electron chi connectivity index (χ4n) is 0.852. The Kier molecular flexibility index (Phi) is 3.04. The molecular formula is C7H10N2OS. The zero-order chi connectivity index (χ0) is 8.10. The Morgan fingerprint density at radius 1 is 1.91 bits per heavy atom. The number of carbonyl (C=O) groups is 1. The van der Waals surface area contributed by atoms with Crippen LogP contribution in [-0.4, -0.2) is 11.4 Å². The molecule has 0 aliphatic heterocycles. The summed E-state index contributed by atoms with van der Waals surface area (Å²) in [4.78, 5) is 14.2. The SMILES string of the molecule is CCC(NC=O)c1nccs1. The lowest BCUT2D eigenvalue weighted by Crippen LogP contribution is -2.18. The van der Waals surface area contributed by atoms with Gasteiger partial charge in [0.25, 0.3) is 0 Å². The van der Waals surface area contributed by atoms with Crippen molar-refractivity contribution in [1.82, 2.24) is 10.3 Å². The van der Waals surface area contributed by atoms with Crippen molar-refractivity contribution in [3.05, 3.63) is 16.6 Å². The van der Waals surface area contributed by atoms with Crippen molar-refractivity contribution in [3.63, 3.8) is 0 Å². The van der Waals surface area contributed by atoms with E-state index in [2.05, 4.69) is 10.3 Å². The minimum atomic E-state index is 0.0903. The molecule has 0 bridgehead atoms. The van der Waals surface area contributed by atoms with Crippen LogP contribution in [0, 0.1) is 0 Å². The van der Waals surface area contributed by atoms with Crippen LogP contribution in [-0.2, 0) is 4.79 Å². The number of nitrogens with one attached hydrogen (secondary N) is 1. The van der Waals surface area contributed by atoms with Crippen molar-refractivity contribution < 1.29 is 4.79 Å². The predicted molar refractivity (Wildman–Crippen MR) is 44.3 cm³/mol. The maximum atomic E-state index is 10.1. The van der Waals surface area contributed by atoms with Gasteiger partial charge in [0.15, 0.2) is 0 Å². The monoisotopic (exact) mass is 170 g/mol. The van der Waals surface area contributed by atoms with Crippen molar-refractivity contribution in [1.29, 1.82) is 0 Å². The van der Waals surface area contributed by atoms with Crippen molar-refractivity contribution in [2.45, 2.75) is 19.4 Å². The van der Waals surface area contributed by atoms with E-state index in [1.165, 1.54) is 0 Å². The third-order valence-corrected chi connectivity index (χ3v) is 2.32. The van der Waals surface area contributed by atoms with E-state index in [0.717, 1.165) is 17.8 Å². The minimum Gasteiger partial charge on any atom is -0.349 e. The quantitative estimate of drug-likeness (QED) is 0.693. The van der Waals surface area contributed by atoms with Gasteiger partial charge >= 0.3 is 0 Å². The van der Waals surface area contributed by atoms with Gasteiger partial charge in [-0.15, -0.1) is 11.3 Å². The highest BCUT2D eigenvalue weighted by Gasteiger charge is 2.08. The summed E-state index contributed by atoms with van der Waals surface area (Å²) in [6.45, 7) is 2.02. The number of hydrogen-bond acceptors (Lipinski definition) is 3. The molecule has 1 N–H and O–H groups in total. The highest BCUT2D eigenvalue weighted by Crippen LogP contribution is 2.17. The van der Waals surface area contributed by atoms with Crippen molar-refractivity contribution >= 4 is 17.7 Å². The van der Waals surface area contributed by atoms with E-state index < -0.39 is 0 Å². The molecule has 11 heavy (non-hydrogen) atoms. The van der Waals surface area contributed by atoms with Crippen LogP contribution in [0.2, 0.25) is 0 Å². The van der Waals surface area contributed by atoms with E-state index in [9.17, 15) is 4.79 Å². The molecule has 1 atom stereocenters. The van der Waals surface area contributed by atoms with Crippen LogP contribution in [0.1, 0.15) is 24.4 Å². The van der Waals surface area contributed by atoms with Crippen LogP contribution in [0.3, 0.4) is 0 Å². The molecule has 1 rings (SSSR count). The summed E-state index contributed by atoms with van der Waals surface area (Å²) in [6.07, 6.45) is 3.34. The van der Waals surface area contributed by atoms with Crippen LogP contribution >= 0.6 is 11.3 Å². The smallest absolute Gasteiger partial charge is 0.207 e. The first-order chi connectivity index (χ1) is 5.38. The summed E-state index contributed by atoms with van der Waals surface area (Å²) in [7, 11) is 0. The molecule has 1 amide bonds. The Bertz CT molecular complexity index is 210. The molecule has 1 heterocycles. The highest BCUT2D eigenvalue weighted by molar-refractivity contribution is 7.09. The zero-order valence-corrected chi connectivity index (χ0v) is 7.10. The van der Waals surface area contributed by atoms with E-state index in [-0.39, 0.29) is 6.04 Å². The Balaban J connectivity index is 2.62. The lowest BCUT2D eigenvalue weighted by atomic mass is 10.2. The van der Waals surface area contributed by atoms with Crippen LogP contribution in [0.15, 0.2) is 11.6 Å². The maximum Gasteiger partial charge on any atom is 0.207 e. The fourth-order valence-corrected chi connectivity index (χ4v) is 1.63. The summed E-state index contributed by atoms with van der Waals surface area (Å²) in [5.74, 6) is 0. The largest absolute Gasteiger partial charge is 0.349 e. The van der Waals surface area contributed by atoms with Gasteiger partial charge in [-0.3, -0.25) is 4.79 Å². The average molecular weight is 170 g/mol. The molecule has 0 saturated carbocycles. The number of carbonyl (C=O) groups excluding carboxylic acids is 1. The van der Waals surface area contributed by atoms with E-state index in [1.54, 1.807) is 17.5 Å². The van der Waals surface area contributed by atoms with Gasteiger partial charge in [-0.1, -0.05) is 6.92 Å². The minimum absolute atomic E-state index is 0.0903. The van der Waals surface area contributed by atoms with Crippen molar-refractivity contribution in [2.24, 2.45) is 0 Å². The van der Waals surface area contributed by atoms with Gasteiger partial charge in [0.05, 0.1) is 6.04 Å². The molecule has 60 valence electrons. The zero-order valence-electron chi connectivity index (χ0n) is 6.28. The van der Waals surface area contributed by atoms with E-state index in [4.69, 9.17) is 0 Å². The van der Waals surface area contributed by atoms with Crippen LogP contribution in [0.4, 0.5) is 0 Å². The normalized spacial score (nSPS) is 12.5. The molecule has 0 saturated heterocycles. The van der Waals surface area contributed by atoms with Gasteiger partial charge in [0.2, 0.25) is 6.41 Å². The van der Waals surface area contributed by atoms with E-state index >= 15 is 0 Å². The number of thiazole rings is 1. The summed E-state index contributed by atoms with van der Waals surface area (Å²) < 4.78 is 0. The van der Waals surface area contributed by atoms with Gasteiger partial charge in [0.1, 0.15) is 5.01 Å². The third-order valence-electron chi connectivity index (χ3n) is 1.43. The molecule has 0 radical (unpaired) electrons. The summed E-state index contributed by atoms with van der Waals surface area (Å²) >= 11 is 1.56. The van der Waals surface area contributed by atoms with Crippen LogP contribution < -0.4 is 5.32 Å². The van der Waals surface area contributed by atoms with Gasteiger partial charge in [-0.2, -0.15) is 0 Å². The maximum absolute atomic E-state index is 10.1. The summed E-state index contributed by atoms with van der Waals surface area (Å²) in [5, 5.41) is 5.58. The first-order valence-electron chi connectivity index (χ1n) is 3.47. The molecule has 4 heteroatoms.